The van der Waals surface area contributed by atoms with Gasteiger partial charge >= 0.3 is 5.69 Å². The number of ether oxygens (including phenoxy) is 1. The van der Waals surface area contributed by atoms with Gasteiger partial charge in [0, 0.05) is 19.3 Å². The van der Waals surface area contributed by atoms with Crippen molar-refractivity contribution in [2.75, 3.05) is 13.2 Å². The molecule has 0 spiro atoms. The highest BCUT2D eigenvalue weighted by atomic mass is 16.5. The molecule has 0 unspecified atom stereocenters. The first kappa shape index (κ1) is 17.0. The smallest absolute Gasteiger partial charge is 0.326 e. The van der Waals surface area contributed by atoms with E-state index >= 15 is 0 Å². The number of benzene rings is 1. The molecule has 0 radical (unpaired) electrons. The highest BCUT2D eigenvalue weighted by molar-refractivity contribution is 5.92. The Bertz CT molecular complexity index is 674. The Morgan fingerprint density at radius 1 is 1.30 bits per heavy atom. The van der Waals surface area contributed by atoms with E-state index in [1.54, 1.807) is 0 Å². The van der Waals surface area contributed by atoms with Crippen LogP contribution in [0.5, 0.6) is 0 Å². The Morgan fingerprint density at radius 3 is 2.74 bits per heavy atom. The van der Waals surface area contributed by atoms with Crippen molar-refractivity contribution in [3.63, 3.8) is 0 Å². The van der Waals surface area contributed by atoms with E-state index in [0.717, 1.165) is 12.0 Å². The van der Waals surface area contributed by atoms with E-state index in [1.807, 2.05) is 44.2 Å². The molecule has 2 rings (SSSR count). The van der Waals surface area contributed by atoms with Crippen molar-refractivity contribution in [2.24, 2.45) is 0 Å². The number of aromatic nitrogens is 2. The molecule has 2 aromatic rings. The third-order valence-corrected chi connectivity index (χ3v) is 3.34. The number of rotatable bonds is 8. The lowest BCUT2D eigenvalue weighted by atomic mass is 10.2. The lowest BCUT2D eigenvalue weighted by molar-refractivity contribution is 0.0756. The van der Waals surface area contributed by atoms with Crippen LogP contribution < -0.4 is 11.0 Å². The molecule has 0 aliphatic rings. The summed E-state index contributed by atoms with van der Waals surface area (Å²) in [6, 6.07) is 9.56. The number of nitrogens with one attached hydrogen (secondary N) is 2. The number of imidazole rings is 1. The van der Waals surface area contributed by atoms with Gasteiger partial charge in [0.2, 0.25) is 0 Å². The number of hydrogen-bond donors (Lipinski definition) is 2. The van der Waals surface area contributed by atoms with E-state index in [4.69, 9.17) is 4.74 Å². The minimum Gasteiger partial charge on any atom is -0.379 e. The van der Waals surface area contributed by atoms with Crippen molar-refractivity contribution in [3.8, 4) is 0 Å². The van der Waals surface area contributed by atoms with Crippen molar-refractivity contribution < 1.29 is 9.53 Å². The molecule has 124 valence electrons. The summed E-state index contributed by atoms with van der Waals surface area (Å²) in [5.41, 5.74) is 1.01. The summed E-state index contributed by atoms with van der Waals surface area (Å²) in [7, 11) is 0. The summed E-state index contributed by atoms with van der Waals surface area (Å²) >= 11 is 0. The number of H-pyrrole nitrogens is 1. The zero-order valence-corrected chi connectivity index (χ0v) is 13.5. The van der Waals surface area contributed by atoms with Gasteiger partial charge in [0.05, 0.1) is 12.6 Å². The summed E-state index contributed by atoms with van der Waals surface area (Å²) in [6.07, 6.45) is 2.37. The lowest BCUT2D eigenvalue weighted by Crippen LogP contribution is -2.30. The van der Waals surface area contributed by atoms with Gasteiger partial charge in [-0.15, -0.1) is 0 Å². The third kappa shape index (κ3) is 5.10. The Kier molecular flexibility index (Phi) is 6.17. The molecule has 1 aromatic heterocycles. The second-order valence-electron chi connectivity index (χ2n) is 5.58. The molecule has 0 saturated carbocycles. The lowest BCUT2D eigenvalue weighted by Gasteiger charge is -2.09. The highest BCUT2D eigenvalue weighted by Gasteiger charge is 2.14. The van der Waals surface area contributed by atoms with E-state index < -0.39 is 0 Å². The fourth-order valence-electron chi connectivity index (χ4n) is 2.19. The van der Waals surface area contributed by atoms with Crippen molar-refractivity contribution in [1.82, 2.24) is 14.9 Å². The molecule has 0 aliphatic heterocycles. The fourth-order valence-corrected chi connectivity index (χ4v) is 2.19. The number of nitrogens with zero attached hydrogens (tertiary/aromatic N) is 1. The molecule has 0 aliphatic carbocycles. The third-order valence-electron chi connectivity index (χ3n) is 3.34. The molecule has 1 amide bonds. The van der Waals surface area contributed by atoms with E-state index in [-0.39, 0.29) is 17.7 Å². The van der Waals surface area contributed by atoms with Crippen LogP contribution in [0.2, 0.25) is 0 Å². The molecule has 23 heavy (non-hydrogen) atoms. The molecule has 1 aromatic carbocycles. The van der Waals surface area contributed by atoms with Crippen LogP contribution >= 0.6 is 0 Å². The number of amides is 1. The summed E-state index contributed by atoms with van der Waals surface area (Å²) in [5, 5.41) is 2.81. The predicted molar refractivity (Wildman–Crippen MR) is 88.6 cm³/mol. The maximum Gasteiger partial charge on any atom is 0.326 e. The minimum absolute atomic E-state index is 0.187. The molecule has 0 fully saturated rings. The summed E-state index contributed by atoms with van der Waals surface area (Å²) in [4.78, 5) is 26.7. The van der Waals surface area contributed by atoms with Crippen molar-refractivity contribution >= 4 is 5.91 Å². The zero-order chi connectivity index (χ0) is 16.7. The van der Waals surface area contributed by atoms with Crippen LogP contribution in [0.25, 0.3) is 0 Å². The molecule has 1 heterocycles. The molecular weight excluding hydrogens is 294 g/mol. The van der Waals surface area contributed by atoms with Crippen molar-refractivity contribution in [2.45, 2.75) is 32.9 Å². The van der Waals surface area contributed by atoms with Crippen LogP contribution in [-0.4, -0.2) is 34.7 Å². The van der Waals surface area contributed by atoms with Gasteiger partial charge < -0.3 is 15.0 Å². The van der Waals surface area contributed by atoms with E-state index in [0.29, 0.717) is 25.4 Å². The first-order valence-electron chi connectivity index (χ1n) is 7.80. The average molecular weight is 317 g/mol. The summed E-state index contributed by atoms with van der Waals surface area (Å²) in [6.45, 7) is 5.42. The van der Waals surface area contributed by atoms with Gasteiger partial charge in [-0.1, -0.05) is 30.3 Å². The molecule has 6 heteroatoms. The van der Waals surface area contributed by atoms with Gasteiger partial charge in [-0.2, -0.15) is 0 Å². The van der Waals surface area contributed by atoms with Crippen LogP contribution in [0.4, 0.5) is 0 Å². The highest BCUT2D eigenvalue weighted by Crippen LogP contribution is 2.04. The first-order valence-corrected chi connectivity index (χ1v) is 7.80. The van der Waals surface area contributed by atoms with E-state index in [2.05, 4.69) is 10.3 Å². The first-order chi connectivity index (χ1) is 11.1. The largest absolute Gasteiger partial charge is 0.379 e. The Labute approximate surface area is 135 Å². The number of carbonyl (C=O) groups excluding carboxylic acids is 1. The van der Waals surface area contributed by atoms with Crippen LogP contribution in [0.3, 0.4) is 0 Å². The molecule has 0 saturated heterocycles. The van der Waals surface area contributed by atoms with Crippen LogP contribution in [0.1, 0.15) is 36.3 Å². The predicted octanol–water partition coefficient (Wildman–Crippen LogP) is 1.77. The molecule has 2 N–H and O–H groups in total. The second kappa shape index (κ2) is 8.33. The van der Waals surface area contributed by atoms with Gasteiger partial charge in [0.25, 0.3) is 5.91 Å². The van der Waals surface area contributed by atoms with Crippen LogP contribution in [0, 0.1) is 0 Å². The number of carbonyl (C=O) groups is 1. The molecule has 6 nitrogen and oxygen atoms in total. The Hall–Kier alpha value is -2.34. The van der Waals surface area contributed by atoms with Crippen LogP contribution in [-0.2, 0) is 11.3 Å². The summed E-state index contributed by atoms with van der Waals surface area (Å²) in [5.74, 6) is -0.260. The molecule has 0 atom stereocenters. The number of hydrogen-bond acceptors (Lipinski definition) is 3. The van der Waals surface area contributed by atoms with E-state index in [9.17, 15) is 9.59 Å². The van der Waals surface area contributed by atoms with Crippen molar-refractivity contribution in [3.05, 3.63) is 58.3 Å². The monoisotopic (exact) mass is 317 g/mol. The topological polar surface area (TPSA) is 76.1 Å². The zero-order valence-electron chi connectivity index (χ0n) is 13.5. The number of aromatic amines is 1. The molecular formula is C17H23N3O3. The Morgan fingerprint density at radius 2 is 2.04 bits per heavy atom. The second-order valence-corrected chi connectivity index (χ2v) is 5.58. The van der Waals surface area contributed by atoms with Gasteiger partial charge in [-0.25, -0.2) is 4.79 Å². The molecule has 0 bridgehead atoms. The fraction of sp³-hybridized carbons (Fsp3) is 0.412. The van der Waals surface area contributed by atoms with Gasteiger partial charge in [0.15, 0.2) is 0 Å². The van der Waals surface area contributed by atoms with Crippen LogP contribution in [0.15, 0.2) is 41.3 Å². The minimum atomic E-state index is -0.290. The maximum absolute atomic E-state index is 12.2. The van der Waals surface area contributed by atoms with Gasteiger partial charge in [-0.3, -0.25) is 9.36 Å². The Balaban J connectivity index is 1.94. The van der Waals surface area contributed by atoms with Crippen molar-refractivity contribution in [1.29, 1.82) is 0 Å². The summed E-state index contributed by atoms with van der Waals surface area (Å²) < 4.78 is 6.86. The standard InChI is InChI=1S/C17H23N3O3/c1-13(2)23-10-6-9-18-16(21)15-11-19-17(22)20(15)12-14-7-4-3-5-8-14/h3-5,7-8,11,13H,6,9-10,12H2,1-2H3,(H,18,21)(H,19,22). The average Bonchev–Trinajstić information content (AvgIpc) is 2.89. The van der Waals surface area contributed by atoms with Gasteiger partial charge in [0.1, 0.15) is 5.69 Å². The quantitative estimate of drug-likeness (QED) is 0.729. The normalized spacial score (nSPS) is 10.9. The maximum atomic E-state index is 12.2. The van der Waals surface area contributed by atoms with Gasteiger partial charge in [-0.05, 0) is 25.8 Å². The van der Waals surface area contributed by atoms with E-state index in [1.165, 1.54) is 10.8 Å². The SMILES string of the molecule is CC(C)OCCCNC(=O)c1c[nH]c(=O)n1Cc1ccccc1.